The molecule has 2 rings (SSSR count). The zero-order valence-electron chi connectivity index (χ0n) is 12.1. The van der Waals surface area contributed by atoms with Crippen molar-refractivity contribution >= 4 is 23.1 Å². The lowest BCUT2D eigenvalue weighted by Gasteiger charge is -2.30. The fourth-order valence-electron chi connectivity index (χ4n) is 2.35. The molecule has 1 aromatic carbocycles. The Morgan fingerprint density at radius 1 is 1.30 bits per heavy atom. The number of hydrogen-bond acceptors (Lipinski definition) is 4. The van der Waals surface area contributed by atoms with E-state index in [-0.39, 0.29) is 11.1 Å². The monoisotopic (exact) mass is 276 g/mol. The molecule has 5 heteroatoms. The van der Waals surface area contributed by atoms with Gasteiger partial charge in [-0.15, -0.1) is 0 Å². The van der Waals surface area contributed by atoms with Gasteiger partial charge in [-0.1, -0.05) is 20.8 Å². The summed E-state index contributed by atoms with van der Waals surface area (Å²) in [4.78, 5) is 15.3. The Hall–Kier alpha value is -2.04. The molecule has 108 valence electrons. The maximum absolute atomic E-state index is 10.9. The third kappa shape index (κ3) is 2.61. The second-order valence-corrected chi connectivity index (χ2v) is 4.97. The van der Waals surface area contributed by atoms with Crippen molar-refractivity contribution in [3.8, 4) is 0 Å². The highest BCUT2D eigenvalue weighted by Crippen LogP contribution is 2.27. The predicted octanol–water partition coefficient (Wildman–Crippen LogP) is 3.91. The summed E-state index contributed by atoms with van der Waals surface area (Å²) in [6.45, 7) is 6.39. The quantitative estimate of drug-likeness (QED) is 0.836. The average Bonchev–Trinajstić information content (AvgIpc) is 2.85. The van der Waals surface area contributed by atoms with E-state index >= 15 is 0 Å². The Kier molecular flexibility index (Phi) is 3.97. The lowest BCUT2D eigenvalue weighted by Crippen LogP contribution is -2.36. The molecule has 5 nitrogen and oxygen atoms in total. The minimum Gasteiger partial charge on any atom is -0.478 e. The summed E-state index contributed by atoms with van der Waals surface area (Å²) in [5.41, 5.74) is 1.32. The highest BCUT2D eigenvalue weighted by Gasteiger charge is 2.25. The fourth-order valence-corrected chi connectivity index (χ4v) is 2.35. The molecule has 0 aliphatic carbocycles. The van der Waals surface area contributed by atoms with Gasteiger partial charge in [-0.25, -0.2) is 4.79 Å². The zero-order chi connectivity index (χ0) is 14.8. The molecule has 1 heterocycles. The van der Waals surface area contributed by atoms with Crippen LogP contribution in [0.1, 0.15) is 50.4 Å². The number of hydrogen-bond donors (Lipinski definition) is 2. The van der Waals surface area contributed by atoms with Gasteiger partial charge in [-0.3, -0.25) is 0 Å². The number of carbonyl (C=O) groups is 1. The van der Waals surface area contributed by atoms with Crippen LogP contribution in [0.4, 0.5) is 6.01 Å². The van der Waals surface area contributed by atoms with Crippen molar-refractivity contribution in [2.45, 2.75) is 45.6 Å². The van der Waals surface area contributed by atoms with Gasteiger partial charge in [0.05, 0.1) is 5.56 Å². The maximum atomic E-state index is 10.9. The van der Waals surface area contributed by atoms with E-state index in [1.54, 1.807) is 6.07 Å². The van der Waals surface area contributed by atoms with E-state index in [2.05, 4.69) is 31.1 Å². The normalized spacial score (nSPS) is 11.8. The second-order valence-electron chi connectivity index (χ2n) is 4.97. The topological polar surface area (TPSA) is 75.4 Å². The Balaban J connectivity index is 2.34. The minimum atomic E-state index is -0.970. The third-order valence-electron chi connectivity index (χ3n) is 4.04. The van der Waals surface area contributed by atoms with E-state index in [9.17, 15) is 4.79 Å². The second kappa shape index (κ2) is 5.53. The Labute approximate surface area is 118 Å². The number of aromatic nitrogens is 1. The smallest absolute Gasteiger partial charge is 0.335 e. The standard InChI is InChI=1S/C15H20N2O3/c1-4-15(5-2,6-3)17-14-16-11-8-7-10(13(18)19)9-12(11)20-14/h7-9H,4-6H2,1-3H3,(H,16,17)(H,18,19). The summed E-state index contributed by atoms with van der Waals surface area (Å²) in [5.74, 6) is -0.970. The summed E-state index contributed by atoms with van der Waals surface area (Å²) in [6.07, 6.45) is 2.91. The van der Waals surface area contributed by atoms with Crippen molar-refractivity contribution in [3.63, 3.8) is 0 Å². The number of rotatable bonds is 6. The lowest BCUT2D eigenvalue weighted by atomic mass is 9.90. The van der Waals surface area contributed by atoms with Gasteiger partial charge in [0.25, 0.3) is 6.01 Å². The van der Waals surface area contributed by atoms with Crippen LogP contribution < -0.4 is 5.32 Å². The highest BCUT2D eigenvalue weighted by atomic mass is 16.4. The molecule has 0 unspecified atom stereocenters. The molecule has 0 aliphatic rings. The molecule has 0 aliphatic heterocycles. The third-order valence-corrected chi connectivity index (χ3v) is 4.04. The number of nitrogens with one attached hydrogen (secondary N) is 1. The van der Waals surface area contributed by atoms with Crippen LogP contribution in [0.5, 0.6) is 0 Å². The summed E-state index contributed by atoms with van der Waals surface area (Å²) in [6, 6.07) is 5.15. The molecule has 0 bridgehead atoms. The van der Waals surface area contributed by atoms with Gasteiger partial charge < -0.3 is 14.8 Å². The Bertz CT molecular complexity index is 606. The van der Waals surface area contributed by atoms with Crippen LogP contribution in [0.15, 0.2) is 22.6 Å². The van der Waals surface area contributed by atoms with Gasteiger partial charge in [0.15, 0.2) is 5.58 Å². The van der Waals surface area contributed by atoms with E-state index in [4.69, 9.17) is 9.52 Å². The SMILES string of the molecule is CCC(CC)(CC)Nc1nc2ccc(C(=O)O)cc2o1. The Morgan fingerprint density at radius 3 is 2.50 bits per heavy atom. The first-order chi connectivity index (χ1) is 9.53. The molecular weight excluding hydrogens is 256 g/mol. The fraction of sp³-hybridized carbons (Fsp3) is 0.467. The molecule has 0 atom stereocenters. The first kappa shape index (κ1) is 14.4. The molecule has 0 amide bonds. The van der Waals surface area contributed by atoms with E-state index in [1.807, 2.05) is 0 Å². The molecule has 2 N–H and O–H groups in total. The molecule has 0 fully saturated rings. The van der Waals surface area contributed by atoms with Gasteiger partial charge in [0.2, 0.25) is 0 Å². The van der Waals surface area contributed by atoms with Crippen LogP contribution in [-0.4, -0.2) is 21.6 Å². The largest absolute Gasteiger partial charge is 0.478 e. The number of carboxylic acid groups (broad SMARTS) is 1. The summed E-state index contributed by atoms with van der Waals surface area (Å²) >= 11 is 0. The van der Waals surface area contributed by atoms with Crippen molar-refractivity contribution in [1.29, 1.82) is 0 Å². The number of oxazole rings is 1. The van der Waals surface area contributed by atoms with Crippen LogP contribution in [0.3, 0.4) is 0 Å². The summed E-state index contributed by atoms with van der Waals surface area (Å²) in [5, 5.41) is 12.3. The van der Waals surface area contributed by atoms with Crippen molar-refractivity contribution in [1.82, 2.24) is 4.98 Å². The van der Waals surface area contributed by atoms with Crippen LogP contribution in [-0.2, 0) is 0 Å². The van der Waals surface area contributed by atoms with Crippen LogP contribution in [0.2, 0.25) is 0 Å². The number of nitrogens with zero attached hydrogens (tertiary/aromatic N) is 1. The summed E-state index contributed by atoms with van der Waals surface area (Å²) < 4.78 is 5.63. The van der Waals surface area contributed by atoms with Crippen molar-refractivity contribution < 1.29 is 14.3 Å². The van der Waals surface area contributed by atoms with Crippen LogP contribution >= 0.6 is 0 Å². The van der Waals surface area contributed by atoms with Crippen molar-refractivity contribution in [2.24, 2.45) is 0 Å². The van der Waals surface area contributed by atoms with E-state index in [1.165, 1.54) is 12.1 Å². The minimum absolute atomic E-state index is 0.0312. The molecule has 2 aromatic rings. The first-order valence-corrected chi connectivity index (χ1v) is 6.95. The van der Waals surface area contributed by atoms with E-state index in [0.717, 1.165) is 19.3 Å². The number of carboxylic acids is 1. The van der Waals surface area contributed by atoms with Crippen molar-refractivity contribution in [2.75, 3.05) is 5.32 Å². The van der Waals surface area contributed by atoms with Crippen LogP contribution in [0, 0.1) is 0 Å². The van der Waals surface area contributed by atoms with Crippen LogP contribution in [0.25, 0.3) is 11.1 Å². The number of aromatic carboxylic acids is 1. The van der Waals surface area contributed by atoms with Gasteiger partial charge in [-0.05, 0) is 37.5 Å². The van der Waals surface area contributed by atoms with Gasteiger partial charge in [0.1, 0.15) is 5.52 Å². The molecule has 1 aromatic heterocycles. The Morgan fingerprint density at radius 2 is 1.95 bits per heavy atom. The zero-order valence-corrected chi connectivity index (χ0v) is 12.1. The molecule has 0 saturated heterocycles. The van der Waals surface area contributed by atoms with Crippen molar-refractivity contribution in [3.05, 3.63) is 23.8 Å². The summed E-state index contributed by atoms with van der Waals surface area (Å²) in [7, 11) is 0. The number of fused-ring (bicyclic) bond motifs is 1. The van der Waals surface area contributed by atoms with E-state index < -0.39 is 5.97 Å². The number of anilines is 1. The molecule has 0 saturated carbocycles. The molecule has 20 heavy (non-hydrogen) atoms. The van der Waals surface area contributed by atoms with Gasteiger partial charge in [0, 0.05) is 5.54 Å². The van der Waals surface area contributed by atoms with E-state index in [0.29, 0.717) is 17.1 Å². The predicted molar refractivity (Wildman–Crippen MR) is 78.2 cm³/mol. The number of benzene rings is 1. The van der Waals surface area contributed by atoms with Gasteiger partial charge >= 0.3 is 5.97 Å². The lowest BCUT2D eigenvalue weighted by molar-refractivity contribution is 0.0697. The molecule has 0 spiro atoms. The first-order valence-electron chi connectivity index (χ1n) is 6.95. The maximum Gasteiger partial charge on any atom is 0.335 e. The average molecular weight is 276 g/mol. The molecular formula is C15H20N2O3. The highest BCUT2D eigenvalue weighted by molar-refractivity contribution is 5.92. The molecule has 0 radical (unpaired) electrons. The van der Waals surface area contributed by atoms with Gasteiger partial charge in [-0.2, -0.15) is 4.98 Å².